The fraction of sp³-hybridized carbons (Fsp3) is 0.464. The Morgan fingerprint density at radius 1 is 1.12 bits per heavy atom. The Labute approximate surface area is 191 Å². The van der Waals surface area contributed by atoms with Crippen molar-refractivity contribution in [3.05, 3.63) is 71.3 Å². The molecule has 0 bridgehead atoms. The molecule has 1 amide bonds. The third-order valence-corrected chi connectivity index (χ3v) is 7.33. The molecule has 1 saturated heterocycles. The lowest BCUT2D eigenvalue weighted by molar-refractivity contribution is -0.151. The summed E-state index contributed by atoms with van der Waals surface area (Å²) in [6, 6.07) is 16.1. The van der Waals surface area contributed by atoms with Gasteiger partial charge in [0.1, 0.15) is 5.75 Å². The molecule has 0 spiro atoms. The van der Waals surface area contributed by atoms with E-state index in [2.05, 4.69) is 38.1 Å². The van der Waals surface area contributed by atoms with Crippen LogP contribution in [0.25, 0.3) is 6.08 Å². The molecule has 2 fully saturated rings. The van der Waals surface area contributed by atoms with Crippen molar-refractivity contribution in [3.63, 3.8) is 0 Å². The number of hydrogen-bond donors (Lipinski definition) is 1. The van der Waals surface area contributed by atoms with Crippen LogP contribution in [0.5, 0.6) is 5.75 Å². The van der Waals surface area contributed by atoms with Crippen LogP contribution in [0, 0.1) is 5.92 Å². The molecule has 2 unspecified atom stereocenters. The predicted octanol–water partition coefficient (Wildman–Crippen LogP) is 5.73. The number of aliphatic hydroxyl groups is 1. The summed E-state index contributed by atoms with van der Waals surface area (Å²) in [5.74, 6) is 1.27. The molecule has 170 valence electrons. The number of fused-ring (bicyclic) bond motifs is 1. The first-order valence-corrected chi connectivity index (χ1v) is 11.9. The molecule has 1 saturated carbocycles. The Morgan fingerprint density at radius 3 is 2.59 bits per heavy atom. The normalized spacial score (nSPS) is 25.7. The number of carbonyl (C=O) groups excluding carboxylic acids is 1. The number of para-hydroxylation sites is 1. The summed E-state index contributed by atoms with van der Waals surface area (Å²) in [6.45, 7) is 4.90. The molecule has 2 aromatic carbocycles. The van der Waals surface area contributed by atoms with E-state index in [9.17, 15) is 9.90 Å². The largest absolute Gasteiger partial charge is 0.496 e. The lowest BCUT2D eigenvalue weighted by Gasteiger charge is -2.52. The molecule has 0 radical (unpaired) electrons. The van der Waals surface area contributed by atoms with E-state index in [1.54, 1.807) is 13.2 Å². The highest BCUT2D eigenvalue weighted by atomic mass is 16.5. The fourth-order valence-corrected chi connectivity index (χ4v) is 5.48. The van der Waals surface area contributed by atoms with E-state index in [0.29, 0.717) is 18.9 Å². The van der Waals surface area contributed by atoms with Crippen LogP contribution in [0.4, 0.5) is 0 Å². The topological polar surface area (TPSA) is 49.8 Å². The van der Waals surface area contributed by atoms with Gasteiger partial charge >= 0.3 is 0 Å². The molecule has 0 aromatic heterocycles. The molecular weight excluding hydrogens is 398 g/mol. The number of piperidine rings is 1. The van der Waals surface area contributed by atoms with Crippen molar-refractivity contribution in [1.82, 2.24) is 4.90 Å². The highest BCUT2D eigenvalue weighted by Crippen LogP contribution is 2.50. The van der Waals surface area contributed by atoms with Gasteiger partial charge in [0, 0.05) is 24.1 Å². The highest BCUT2D eigenvalue weighted by molar-refractivity contribution is 5.92. The zero-order valence-corrected chi connectivity index (χ0v) is 19.5. The third kappa shape index (κ3) is 4.47. The smallest absolute Gasteiger partial charge is 0.247 e. The van der Waals surface area contributed by atoms with Gasteiger partial charge in [0.15, 0.2) is 0 Å². The number of rotatable bonds is 5. The van der Waals surface area contributed by atoms with Gasteiger partial charge in [0.05, 0.1) is 18.8 Å². The molecule has 1 heterocycles. The van der Waals surface area contributed by atoms with Crippen molar-refractivity contribution in [2.24, 2.45) is 5.92 Å². The van der Waals surface area contributed by atoms with Gasteiger partial charge < -0.3 is 14.7 Å². The Kier molecular flexibility index (Phi) is 6.71. The number of likely N-dealkylation sites (tertiary alicyclic amines) is 1. The zero-order valence-electron chi connectivity index (χ0n) is 19.5. The molecule has 4 heteroatoms. The number of benzene rings is 2. The zero-order chi connectivity index (χ0) is 22.7. The van der Waals surface area contributed by atoms with Gasteiger partial charge in [0.25, 0.3) is 0 Å². The average Bonchev–Trinajstić information content (AvgIpc) is 2.81. The van der Waals surface area contributed by atoms with Crippen LogP contribution in [0.1, 0.15) is 74.6 Å². The maximum absolute atomic E-state index is 13.4. The second-order valence-corrected chi connectivity index (χ2v) is 9.58. The molecule has 32 heavy (non-hydrogen) atoms. The Balaban J connectivity index is 1.64. The summed E-state index contributed by atoms with van der Waals surface area (Å²) in [5, 5.41) is 11.5. The molecule has 1 aliphatic carbocycles. The van der Waals surface area contributed by atoms with Crippen molar-refractivity contribution in [1.29, 1.82) is 0 Å². The summed E-state index contributed by atoms with van der Waals surface area (Å²) in [6.07, 6.45) is 8.07. The monoisotopic (exact) mass is 433 g/mol. The minimum Gasteiger partial charge on any atom is -0.496 e. The highest BCUT2D eigenvalue weighted by Gasteiger charge is 2.50. The van der Waals surface area contributed by atoms with E-state index in [1.165, 1.54) is 5.56 Å². The molecule has 2 aliphatic rings. The number of hydrogen-bond acceptors (Lipinski definition) is 3. The lowest BCUT2D eigenvalue weighted by atomic mass is 9.66. The quantitative estimate of drug-likeness (QED) is 0.613. The standard InChI is InChI=1S/C28H35NO3/c1-20(2)22-14-11-21(12-15-22)13-16-26(30)29-19-18-28(31)17-7-6-9-24(28)27(29)23-8-4-5-10-25(23)32-3/h4-5,8,10-16,20,24,27,31H,6-7,9,17-19H2,1-3H3/t24?,27-,28?/m0/s1. The minimum atomic E-state index is -0.711. The molecule has 4 nitrogen and oxygen atoms in total. The summed E-state index contributed by atoms with van der Waals surface area (Å²) < 4.78 is 5.66. The van der Waals surface area contributed by atoms with Crippen molar-refractivity contribution in [2.75, 3.05) is 13.7 Å². The molecular formula is C28H35NO3. The minimum absolute atomic E-state index is 0.0125. The number of ether oxygens (including phenoxy) is 1. The van der Waals surface area contributed by atoms with Gasteiger partial charge in [-0.1, -0.05) is 69.2 Å². The first-order valence-electron chi connectivity index (χ1n) is 11.9. The van der Waals surface area contributed by atoms with Gasteiger partial charge in [0.2, 0.25) is 5.91 Å². The summed E-state index contributed by atoms with van der Waals surface area (Å²) in [4.78, 5) is 15.4. The Morgan fingerprint density at radius 2 is 1.88 bits per heavy atom. The van der Waals surface area contributed by atoms with Crippen LogP contribution in [0.15, 0.2) is 54.6 Å². The fourth-order valence-electron chi connectivity index (χ4n) is 5.48. The van der Waals surface area contributed by atoms with E-state index in [0.717, 1.165) is 42.6 Å². The van der Waals surface area contributed by atoms with E-state index < -0.39 is 5.60 Å². The number of amides is 1. The maximum Gasteiger partial charge on any atom is 0.247 e. The van der Waals surface area contributed by atoms with E-state index >= 15 is 0 Å². The van der Waals surface area contributed by atoms with Crippen LogP contribution >= 0.6 is 0 Å². The SMILES string of the molecule is COc1ccccc1[C@H]1C2CCCCC2(O)CCN1C(=O)C=Cc1ccc(C(C)C)cc1. The Bertz CT molecular complexity index is 965. The second-order valence-electron chi connectivity index (χ2n) is 9.58. The molecule has 4 rings (SSSR count). The summed E-state index contributed by atoms with van der Waals surface area (Å²) in [7, 11) is 1.67. The van der Waals surface area contributed by atoms with E-state index in [-0.39, 0.29) is 17.9 Å². The van der Waals surface area contributed by atoms with Gasteiger partial charge in [-0.05, 0) is 48.4 Å². The average molecular weight is 434 g/mol. The predicted molar refractivity (Wildman–Crippen MR) is 129 cm³/mol. The first kappa shape index (κ1) is 22.6. The van der Waals surface area contributed by atoms with Gasteiger partial charge in [-0.15, -0.1) is 0 Å². The number of methoxy groups -OCH3 is 1. The van der Waals surface area contributed by atoms with Crippen molar-refractivity contribution >= 4 is 12.0 Å². The van der Waals surface area contributed by atoms with Crippen molar-refractivity contribution in [3.8, 4) is 5.75 Å². The van der Waals surface area contributed by atoms with Crippen LogP contribution < -0.4 is 4.74 Å². The van der Waals surface area contributed by atoms with Crippen LogP contribution in [-0.2, 0) is 4.79 Å². The van der Waals surface area contributed by atoms with Gasteiger partial charge in [-0.2, -0.15) is 0 Å². The van der Waals surface area contributed by atoms with Crippen LogP contribution in [0.2, 0.25) is 0 Å². The van der Waals surface area contributed by atoms with Crippen molar-refractivity contribution < 1.29 is 14.6 Å². The summed E-state index contributed by atoms with van der Waals surface area (Å²) >= 11 is 0. The molecule has 3 atom stereocenters. The Hall–Kier alpha value is -2.59. The number of nitrogens with zero attached hydrogens (tertiary/aromatic N) is 1. The lowest BCUT2D eigenvalue weighted by Crippen LogP contribution is -2.56. The second kappa shape index (κ2) is 9.50. The molecule has 1 aliphatic heterocycles. The third-order valence-electron chi connectivity index (χ3n) is 7.33. The van der Waals surface area contributed by atoms with Crippen LogP contribution in [-0.4, -0.2) is 35.2 Å². The molecule has 1 N–H and O–H groups in total. The first-order chi connectivity index (χ1) is 15.4. The number of carbonyl (C=O) groups is 1. The molecule has 2 aromatic rings. The summed E-state index contributed by atoms with van der Waals surface area (Å²) in [5.41, 5.74) is 2.58. The van der Waals surface area contributed by atoms with Crippen LogP contribution in [0.3, 0.4) is 0 Å². The van der Waals surface area contributed by atoms with E-state index in [1.807, 2.05) is 35.2 Å². The van der Waals surface area contributed by atoms with Gasteiger partial charge in [-0.25, -0.2) is 0 Å². The van der Waals surface area contributed by atoms with E-state index in [4.69, 9.17) is 4.74 Å². The van der Waals surface area contributed by atoms with Gasteiger partial charge in [-0.3, -0.25) is 4.79 Å². The van der Waals surface area contributed by atoms with Crippen molar-refractivity contribution in [2.45, 2.75) is 63.5 Å². The maximum atomic E-state index is 13.4.